The molecule has 1 saturated carbocycles. The number of hydrogen-bond donors (Lipinski definition) is 2. The van der Waals surface area contributed by atoms with E-state index in [0.29, 0.717) is 35.3 Å². The number of unbranched alkanes of at least 4 members (excludes halogenated alkanes) is 1. The van der Waals surface area contributed by atoms with Crippen molar-refractivity contribution in [1.82, 2.24) is 0 Å². The molecule has 0 heterocycles. The molecule has 2 aliphatic rings. The highest BCUT2D eigenvalue weighted by molar-refractivity contribution is 5.36. The van der Waals surface area contributed by atoms with Crippen molar-refractivity contribution in [2.24, 2.45) is 22.5 Å². The minimum absolute atomic E-state index is 0.279. The normalized spacial score (nSPS) is 24.4. The Labute approximate surface area is 184 Å². The van der Waals surface area contributed by atoms with Crippen molar-refractivity contribution in [1.29, 1.82) is 0 Å². The molecule has 3 heteroatoms. The minimum Gasteiger partial charge on any atom is -0.396 e. The van der Waals surface area contributed by atoms with Crippen LogP contribution in [0.1, 0.15) is 95.2 Å². The van der Waals surface area contributed by atoms with Gasteiger partial charge in [-0.3, -0.25) is 0 Å². The second kappa shape index (κ2) is 10.1. The molecule has 1 aromatic rings. The van der Waals surface area contributed by atoms with E-state index in [1.54, 1.807) is 0 Å². The number of aliphatic hydroxyl groups excluding tert-OH is 1. The monoisotopic (exact) mass is 415 g/mol. The third-order valence-electron chi connectivity index (χ3n) is 7.36. The number of nitrogens with two attached hydrogens (primary N) is 1. The van der Waals surface area contributed by atoms with E-state index < -0.39 is 0 Å². The van der Waals surface area contributed by atoms with Gasteiger partial charge < -0.3 is 15.6 Å². The molecule has 30 heavy (non-hydrogen) atoms. The predicted octanol–water partition coefficient (Wildman–Crippen LogP) is 5.62. The first-order valence-corrected chi connectivity index (χ1v) is 12.3. The predicted molar refractivity (Wildman–Crippen MR) is 126 cm³/mol. The summed E-state index contributed by atoms with van der Waals surface area (Å²) in [7, 11) is 0. The molecule has 3 N–H and O–H groups in total. The van der Waals surface area contributed by atoms with Gasteiger partial charge in [0, 0.05) is 6.61 Å². The van der Waals surface area contributed by atoms with Crippen LogP contribution in [0.5, 0.6) is 0 Å². The summed E-state index contributed by atoms with van der Waals surface area (Å²) < 4.78 is 6.51. The Morgan fingerprint density at radius 3 is 2.50 bits per heavy atom. The fourth-order valence-electron chi connectivity index (χ4n) is 6.30. The Kier molecular flexibility index (Phi) is 8.03. The van der Waals surface area contributed by atoms with Crippen LogP contribution in [0.2, 0.25) is 0 Å². The molecule has 1 aromatic carbocycles. The lowest BCUT2D eigenvalue weighted by atomic mass is 9.64. The molecule has 0 radical (unpaired) electrons. The van der Waals surface area contributed by atoms with E-state index in [-0.39, 0.29) is 6.61 Å². The second-order valence-corrected chi connectivity index (χ2v) is 11.7. The van der Waals surface area contributed by atoms with E-state index in [9.17, 15) is 0 Å². The summed E-state index contributed by atoms with van der Waals surface area (Å²) in [5.74, 6) is 1.06. The van der Waals surface area contributed by atoms with Crippen LogP contribution in [0.15, 0.2) is 18.2 Å². The number of aliphatic hydroxyl groups is 1. The molecular formula is C27H45NO2. The van der Waals surface area contributed by atoms with Gasteiger partial charge in [0.25, 0.3) is 0 Å². The first-order valence-electron chi connectivity index (χ1n) is 12.3. The van der Waals surface area contributed by atoms with Gasteiger partial charge in [-0.05, 0) is 97.3 Å². The van der Waals surface area contributed by atoms with Gasteiger partial charge in [0.1, 0.15) is 0 Å². The molecule has 0 unspecified atom stereocenters. The molecule has 0 saturated heterocycles. The average Bonchev–Trinajstić information content (AvgIpc) is 2.67. The number of ether oxygens (including phenoxy) is 1. The average molecular weight is 416 g/mol. The van der Waals surface area contributed by atoms with Crippen LogP contribution >= 0.6 is 0 Å². The van der Waals surface area contributed by atoms with E-state index in [1.165, 1.54) is 42.4 Å². The fraction of sp³-hybridized carbons (Fsp3) is 0.778. The fourth-order valence-corrected chi connectivity index (χ4v) is 6.30. The van der Waals surface area contributed by atoms with Crippen LogP contribution in [0, 0.1) is 16.7 Å². The topological polar surface area (TPSA) is 55.5 Å². The Hall–Kier alpha value is -0.900. The second-order valence-electron chi connectivity index (χ2n) is 11.7. The van der Waals surface area contributed by atoms with Gasteiger partial charge in [-0.25, -0.2) is 0 Å². The molecule has 0 amide bonds. The Bertz CT molecular complexity index is 665. The molecule has 0 aromatic heterocycles. The number of fused-ring (bicyclic) bond motifs is 1. The van der Waals surface area contributed by atoms with Crippen molar-refractivity contribution in [3.63, 3.8) is 0 Å². The van der Waals surface area contributed by atoms with Crippen LogP contribution < -0.4 is 5.73 Å². The smallest absolute Gasteiger partial charge is 0.0585 e. The quantitative estimate of drug-likeness (QED) is 0.515. The van der Waals surface area contributed by atoms with Crippen molar-refractivity contribution >= 4 is 0 Å². The summed E-state index contributed by atoms with van der Waals surface area (Å²) in [6.45, 7) is 11.5. The number of rotatable bonds is 9. The summed E-state index contributed by atoms with van der Waals surface area (Å²) in [6, 6.07) is 7.05. The largest absolute Gasteiger partial charge is 0.396 e. The van der Waals surface area contributed by atoms with Crippen molar-refractivity contribution in [2.75, 3.05) is 19.8 Å². The van der Waals surface area contributed by atoms with Crippen LogP contribution in [0.25, 0.3) is 0 Å². The minimum atomic E-state index is 0.279. The molecule has 2 aliphatic carbocycles. The van der Waals surface area contributed by atoms with Crippen LogP contribution in [0.3, 0.4) is 0 Å². The van der Waals surface area contributed by atoms with Crippen molar-refractivity contribution < 1.29 is 9.84 Å². The van der Waals surface area contributed by atoms with Gasteiger partial charge in [0.2, 0.25) is 0 Å². The number of hydrogen-bond acceptors (Lipinski definition) is 3. The summed E-state index contributed by atoms with van der Waals surface area (Å²) in [6.07, 6.45) is 10.6. The molecule has 2 atom stereocenters. The Balaban J connectivity index is 1.54. The molecular weight excluding hydrogens is 370 g/mol. The SMILES string of the molecule is CC1(C)CC(OC[C@@H]2CCc3cc([C@H](CN)CCCCO)ccc3C2)CC(C)(C)C1. The van der Waals surface area contributed by atoms with Gasteiger partial charge in [-0.1, -0.05) is 52.3 Å². The van der Waals surface area contributed by atoms with Crippen LogP contribution in [0.4, 0.5) is 0 Å². The molecule has 3 nitrogen and oxygen atoms in total. The van der Waals surface area contributed by atoms with Gasteiger partial charge in [-0.15, -0.1) is 0 Å². The lowest BCUT2D eigenvalue weighted by Gasteiger charge is -2.45. The van der Waals surface area contributed by atoms with Crippen molar-refractivity contribution in [2.45, 2.75) is 97.5 Å². The highest BCUT2D eigenvalue weighted by Gasteiger charge is 2.39. The van der Waals surface area contributed by atoms with Gasteiger partial charge in [-0.2, -0.15) is 0 Å². The molecule has 1 fully saturated rings. The van der Waals surface area contributed by atoms with E-state index in [1.807, 2.05) is 0 Å². The summed E-state index contributed by atoms with van der Waals surface area (Å²) in [4.78, 5) is 0. The lowest BCUT2D eigenvalue weighted by molar-refractivity contribution is -0.0604. The van der Waals surface area contributed by atoms with Gasteiger partial charge >= 0.3 is 0 Å². The highest BCUT2D eigenvalue weighted by Crippen LogP contribution is 2.46. The Morgan fingerprint density at radius 1 is 1.10 bits per heavy atom. The molecule has 0 bridgehead atoms. The first-order chi connectivity index (χ1) is 14.2. The van der Waals surface area contributed by atoms with Crippen molar-refractivity contribution in [3.8, 4) is 0 Å². The highest BCUT2D eigenvalue weighted by atomic mass is 16.5. The molecule has 170 valence electrons. The maximum Gasteiger partial charge on any atom is 0.0585 e. The summed E-state index contributed by atoms with van der Waals surface area (Å²) in [5, 5.41) is 9.04. The standard InChI is InChI=1S/C27H45NO2/c1-26(2)15-25(16-27(3,4)19-26)30-18-20-8-9-22-14-23(11-10-21(22)13-20)24(17-28)7-5-6-12-29/h10-11,14,20,24-25,29H,5-9,12-13,15-19,28H2,1-4H3/t20-,24+/m1/s1. The van der Waals surface area contributed by atoms with Crippen LogP contribution in [-0.2, 0) is 17.6 Å². The van der Waals surface area contributed by atoms with E-state index in [2.05, 4.69) is 45.9 Å². The lowest BCUT2D eigenvalue weighted by Crippen LogP contribution is -2.38. The molecule has 0 aliphatic heterocycles. The van der Waals surface area contributed by atoms with E-state index in [4.69, 9.17) is 15.6 Å². The van der Waals surface area contributed by atoms with Gasteiger partial charge in [0.05, 0.1) is 12.7 Å². The molecule has 3 rings (SSSR count). The van der Waals surface area contributed by atoms with Gasteiger partial charge in [0.15, 0.2) is 0 Å². The zero-order valence-corrected chi connectivity index (χ0v) is 19.9. The van der Waals surface area contributed by atoms with Crippen LogP contribution in [-0.4, -0.2) is 31.0 Å². The first kappa shape index (κ1) is 23.8. The third-order valence-corrected chi connectivity index (χ3v) is 7.36. The molecule has 0 spiro atoms. The summed E-state index contributed by atoms with van der Waals surface area (Å²) in [5.41, 5.74) is 11.2. The number of aryl methyl sites for hydroxylation is 1. The summed E-state index contributed by atoms with van der Waals surface area (Å²) >= 11 is 0. The number of benzene rings is 1. The zero-order valence-electron chi connectivity index (χ0n) is 19.9. The maximum absolute atomic E-state index is 9.04. The maximum atomic E-state index is 9.04. The van der Waals surface area contributed by atoms with Crippen molar-refractivity contribution in [3.05, 3.63) is 34.9 Å². The Morgan fingerprint density at radius 2 is 1.83 bits per heavy atom. The van der Waals surface area contributed by atoms with E-state index >= 15 is 0 Å². The zero-order chi connectivity index (χ0) is 21.8. The third kappa shape index (κ3) is 6.55. The van der Waals surface area contributed by atoms with E-state index in [0.717, 1.165) is 38.7 Å².